The highest BCUT2D eigenvalue weighted by atomic mass is 16.4. The maximum Gasteiger partial charge on any atom is 0.331 e. The van der Waals surface area contributed by atoms with Gasteiger partial charge in [-0.05, 0) is 58.5 Å². The first-order valence-electron chi connectivity index (χ1n) is 12.4. The van der Waals surface area contributed by atoms with Crippen LogP contribution in [0.15, 0.2) is 11.6 Å². The summed E-state index contributed by atoms with van der Waals surface area (Å²) >= 11 is 0. The number of amides is 2. The van der Waals surface area contributed by atoms with Gasteiger partial charge in [0.25, 0.3) is 0 Å². The average molecular weight is 472 g/mol. The fraction of sp³-hybridized carbons (Fsp3) is 0.808. The van der Waals surface area contributed by atoms with Gasteiger partial charge < -0.3 is 20.2 Å². The van der Waals surface area contributed by atoms with E-state index in [1.807, 2.05) is 27.7 Å². The molecule has 0 radical (unpaired) electrons. The van der Waals surface area contributed by atoms with E-state index >= 15 is 0 Å². The van der Waals surface area contributed by atoms with Crippen LogP contribution in [0, 0.1) is 11.8 Å². The molecule has 1 fully saturated rings. The van der Waals surface area contributed by atoms with Crippen LogP contribution < -0.4 is 5.32 Å². The minimum Gasteiger partial charge on any atom is -0.478 e. The predicted molar refractivity (Wildman–Crippen MR) is 139 cm³/mol. The molecule has 0 aromatic rings. The van der Waals surface area contributed by atoms with E-state index in [0.29, 0.717) is 6.41 Å². The first-order chi connectivity index (χ1) is 15.3. The molecule has 33 heavy (non-hydrogen) atoms. The molecule has 0 spiro atoms. The number of carboxylic acids is 1. The zero-order valence-electron chi connectivity index (χ0n) is 23.3. The minimum atomic E-state index is -1.01. The lowest BCUT2D eigenvalue weighted by Gasteiger charge is -2.29. The number of rotatable bonds is 8. The Morgan fingerprint density at radius 1 is 1.00 bits per heavy atom. The Morgan fingerprint density at radius 2 is 1.45 bits per heavy atom. The monoisotopic (exact) mass is 471 g/mol. The molecule has 196 valence electrons. The minimum absolute atomic E-state index is 0.0736. The smallest absolute Gasteiger partial charge is 0.331 e. The number of hydrogen-bond acceptors (Lipinski definition) is 4. The number of aliphatic carboxylic acids is 1. The second kappa shape index (κ2) is 21.9. The number of nitrogens with zero attached hydrogens (tertiary/aromatic N) is 2. The number of carboxylic acid groups (broad SMARTS) is 1. The van der Waals surface area contributed by atoms with E-state index in [0.717, 1.165) is 12.0 Å². The summed E-state index contributed by atoms with van der Waals surface area (Å²) in [7, 11) is 1.59. The standard InChI is InChI=1S/C12H20N2O4.C8H17N.C4H10.C2H6/c1-8(2)10(5-9(3)12(17)18)14(4)11(16)6-13-7-15;1-8(2)9-6-4-3-5-7-9;1-4(2)3;1-2/h5,7-8,10H,6H2,1-4H3,(H,13,15)(H,17,18);8H,3-7H2,1-2H3;4H,1-3H3;1-2H3/b9-5+;;;/t10-;;;/m1.../s1. The van der Waals surface area contributed by atoms with Crippen molar-refractivity contribution in [2.24, 2.45) is 11.8 Å². The molecule has 0 aromatic carbocycles. The number of hydrogen-bond donors (Lipinski definition) is 2. The van der Waals surface area contributed by atoms with Crippen molar-refractivity contribution in [1.82, 2.24) is 15.1 Å². The topological polar surface area (TPSA) is 90.0 Å². The van der Waals surface area contributed by atoms with Gasteiger partial charge in [-0.25, -0.2) is 4.79 Å². The molecule has 0 bridgehead atoms. The van der Waals surface area contributed by atoms with Crippen LogP contribution in [-0.4, -0.2) is 72.0 Å². The lowest BCUT2D eigenvalue weighted by atomic mass is 10.00. The summed E-state index contributed by atoms with van der Waals surface area (Å²) in [6.07, 6.45) is 6.28. The first kappa shape index (κ1) is 35.7. The Labute approximate surface area is 204 Å². The lowest BCUT2D eigenvalue weighted by Crippen LogP contribution is -2.43. The number of carbonyl (C=O) groups is 3. The van der Waals surface area contributed by atoms with E-state index in [-0.39, 0.29) is 30.0 Å². The molecular weight excluding hydrogens is 418 g/mol. The van der Waals surface area contributed by atoms with Crippen molar-refractivity contribution in [3.63, 3.8) is 0 Å². The quantitative estimate of drug-likeness (QED) is 0.391. The van der Waals surface area contributed by atoms with Gasteiger partial charge in [0.2, 0.25) is 12.3 Å². The molecular formula is C26H53N3O4. The molecule has 2 amide bonds. The fourth-order valence-corrected chi connectivity index (χ4v) is 2.93. The van der Waals surface area contributed by atoms with E-state index in [4.69, 9.17) is 5.11 Å². The predicted octanol–water partition coefficient (Wildman–Crippen LogP) is 4.82. The van der Waals surface area contributed by atoms with Crippen LogP contribution >= 0.6 is 0 Å². The van der Waals surface area contributed by atoms with Crippen molar-refractivity contribution in [2.75, 3.05) is 26.7 Å². The van der Waals surface area contributed by atoms with Gasteiger partial charge in [0.1, 0.15) is 0 Å². The molecule has 1 saturated heterocycles. The number of nitrogens with one attached hydrogen (secondary N) is 1. The zero-order chi connectivity index (χ0) is 26.6. The molecule has 2 N–H and O–H groups in total. The van der Waals surface area contributed by atoms with Crippen LogP contribution in [0.1, 0.15) is 88.5 Å². The summed E-state index contributed by atoms with van der Waals surface area (Å²) in [5.74, 6) is -0.368. The van der Waals surface area contributed by atoms with Crippen LogP contribution in [0.2, 0.25) is 0 Å². The summed E-state index contributed by atoms with van der Waals surface area (Å²) in [5.41, 5.74) is 0.191. The van der Waals surface area contributed by atoms with Gasteiger partial charge in [0, 0.05) is 18.7 Å². The van der Waals surface area contributed by atoms with Crippen LogP contribution in [0.5, 0.6) is 0 Å². The third-order valence-corrected chi connectivity index (χ3v) is 4.74. The average Bonchev–Trinajstić information content (AvgIpc) is 2.76. The van der Waals surface area contributed by atoms with Crippen molar-refractivity contribution < 1.29 is 19.5 Å². The Balaban J connectivity index is -0.000000493. The lowest BCUT2D eigenvalue weighted by molar-refractivity contribution is -0.133. The highest BCUT2D eigenvalue weighted by Crippen LogP contribution is 2.13. The van der Waals surface area contributed by atoms with E-state index in [9.17, 15) is 14.4 Å². The van der Waals surface area contributed by atoms with Gasteiger partial charge in [0.05, 0.1) is 12.6 Å². The van der Waals surface area contributed by atoms with Crippen LogP contribution in [-0.2, 0) is 14.4 Å². The SMILES string of the molecule is C/C(=C\[C@H](C(C)C)N(C)C(=O)CNC=O)C(=O)O.CC.CC(C)C.CC(C)N1CCCCC1. The summed E-state index contributed by atoms with van der Waals surface area (Å²) in [6, 6.07) is 0.451. The number of carbonyl (C=O) groups excluding carboxylic acids is 2. The van der Waals surface area contributed by atoms with E-state index in [1.54, 1.807) is 13.1 Å². The molecule has 1 heterocycles. The van der Waals surface area contributed by atoms with Crippen molar-refractivity contribution in [3.8, 4) is 0 Å². The summed E-state index contributed by atoms with van der Waals surface area (Å²) in [6.45, 7) is 22.9. The number of piperidine rings is 1. The van der Waals surface area contributed by atoms with Crippen LogP contribution in [0.4, 0.5) is 0 Å². The Morgan fingerprint density at radius 3 is 1.76 bits per heavy atom. The van der Waals surface area contributed by atoms with Crippen molar-refractivity contribution in [1.29, 1.82) is 0 Å². The largest absolute Gasteiger partial charge is 0.478 e. The Bertz CT molecular complexity index is 537. The zero-order valence-corrected chi connectivity index (χ0v) is 23.3. The summed E-state index contributed by atoms with van der Waals surface area (Å²) in [4.78, 5) is 36.6. The fourth-order valence-electron chi connectivity index (χ4n) is 2.93. The van der Waals surface area contributed by atoms with Crippen molar-refractivity contribution in [2.45, 2.75) is 101 Å². The number of likely N-dealkylation sites (N-methyl/N-ethyl adjacent to an activating group) is 1. The van der Waals surface area contributed by atoms with Gasteiger partial charge in [-0.1, -0.05) is 61.0 Å². The highest BCUT2D eigenvalue weighted by Gasteiger charge is 2.21. The van der Waals surface area contributed by atoms with Crippen LogP contribution in [0.25, 0.3) is 0 Å². The molecule has 1 aliphatic rings. The summed E-state index contributed by atoms with van der Waals surface area (Å²) < 4.78 is 0. The van der Waals surface area contributed by atoms with Crippen LogP contribution in [0.3, 0.4) is 0 Å². The second-order valence-electron chi connectivity index (χ2n) is 9.32. The molecule has 7 heteroatoms. The van der Waals surface area contributed by atoms with Gasteiger partial charge in [-0.2, -0.15) is 0 Å². The van der Waals surface area contributed by atoms with Crippen molar-refractivity contribution >= 4 is 18.3 Å². The highest BCUT2D eigenvalue weighted by molar-refractivity contribution is 5.86. The molecule has 1 aliphatic heterocycles. The maximum atomic E-state index is 11.7. The summed E-state index contributed by atoms with van der Waals surface area (Å²) in [5, 5.41) is 11.1. The molecule has 1 atom stereocenters. The Kier molecular flexibility index (Phi) is 23.7. The first-order valence-corrected chi connectivity index (χ1v) is 12.4. The van der Waals surface area contributed by atoms with E-state index in [2.05, 4.69) is 44.8 Å². The van der Waals surface area contributed by atoms with E-state index < -0.39 is 5.97 Å². The van der Waals surface area contributed by atoms with Gasteiger partial charge >= 0.3 is 5.97 Å². The third-order valence-electron chi connectivity index (χ3n) is 4.74. The van der Waals surface area contributed by atoms with Crippen molar-refractivity contribution in [3.05, 3.63) is 11.6 Å². The molecule has 0 unspecified atom stereocenters. The van der Waals surface area contributed by atoms with E-state index in [1.165, 1.54) is 44.2 Å². The molecule has 0 aromatic heterocycles. The second-order valence-corrected chi connectivity index (χ2v) is 9.32. The Hall–Kier alpha value is -1.89. The van der Waals surface area contributed by atoms with Gasteiger partial charge in [-0.3, -0.25) is 9.59 Å². The molecule has 7 nitrogen and oxygen atoms in total. The normalized spacial score (nSPS) is 14.7. The molecule has 1 rings (SSSR count). The third kappa shape index (κ3) is 20.4. The van der Waals surface area contributed by atoms with Gasteiger partial charge in [0.15, 0.2) is 0 Å². The maximum absolute atomic E-state index is 11.7. The number of likely N-dealkylation sites (tertiary alicyclic amines) is 1. The molecule has 0 aliphatic carbocycles. The van der Waals surface area contributed by atoms with Gasteiger partial charge in [-0.15, -0.1) is 0 Å². The molecule has 0 saturated carbocycles.